The molecule has 2 aromatic rings. The maximum absolute atomic E-state index is 13.9. The Morgan fingerprint density at radius 2 is 1.77 bits per heavy atom. The predicted molar refractivity (Wildman–Crippen MR) is 89.3 cm³/mol. The van der Waals surface area contributed by atoms with Crippen LogP contribution in [0.4, 0.5) is 15.8 Å². The fraction of sp³-hybridized carbons (Fsp3) is 0.278. The molecule has 0 radical (unpaired) electrons. The van der Waals surface area contributed by atoms with Gasteiger partial charge in [-0.25, -0.2) is 4.39 Å². The topological polar surface area (TPSA) is 23.6 Å². The van der Waals surface area contributed by atoms with Crippen LogP contribution in [0, 0.1) is 5.82 Å². The summed E-state index contributed by atoms with van der Waals surface area (Å²) in [6.45, 7) is 1.99. The summed E-state index contributed by atoms with van der Waals surface area (Å²) >= 11 is 0. The molecule has 0 fully saturated rings. The second-order valence-corrected chi connectivity index (χ2v) is 5.61. The van der Waals surface area contributed by atoms with Crippen molar-refractivity contribution >= 4 is 17.2 Å². The molecule has 0 bridgehead atoms. The zero-order valence-corrected chi connectivity index (χ0v) is 13.4. The number of rotatable bonds is 5. The van der Waals surface area contributed by atoms with Crippen molar-refractivity contribution in [3.63, 3.8) is 0 Å². The summed E-state index contributed by atoms with van der Waals surface area (Å²) in [5.74, 6) is -0.735. The lowest BCUT2D eigenvalue weighted by atomic mass is 10.1. The van der Waals surface area contributed by atoms with Crippen molar-refractivity contribution in [2.75, 3.05) is 30.9 Å². The van der Waals surface area contributed by atoms with Gasteiger partial charge in [-0.1, -0.05) is 18.2 Å². The fourth-order valence-corrected chi connectivity index (χ4v) is 2.47. The van der Waals surface area contributed by atoms with Crippen molar-refractivity contribution < 1.29 is 9.18 Å². The van der Waals surface area contributed by atoms with Crippen molar-refractivity contribution in [2.24, 2.45) is 0 Å². The van der Waals surface area contributed by atoms with Crippen LogP contribution >= 0.6 is 0 Å². The lowest BCUT2D eigenvalue weighted by Crippen LogP contribution is -2.20. The molecular formula is C18H21FN2O. The van der Waals surface area contributed by atoms with Gasteiger partial charge in [0.2, 0.25) is 0 Å². The Kier molecular flexibility index (Phi) is 4.81. The minimum Gasteiger partial charge on any atom is -0.378 e. The second-order valence-electron chi connectivity index (χ2n) is 5.61. The summed E-state index contributed by atoms with van der Waals surface area (Å²) in [7, 11) is 5.84. The molecule has 0 atom stereocenters. The van der Waals surface area contributed by atoms with E-state index in [4.69, 9.17) is 0 Å². The normalized spacial score (nSPS) is 10.4. The Bertz CT molecular complexity index is 683. The first kappa shape index (κ1) is 16.0. The van der Waals surface area contributed by atoms with E-state index in [0.717, 1.165) is 11.3 Å². The summed E-state index contributed by atoms with van der Waals surface area (Å²) in [6, 6.07) is 12.9. The number of ketones is 1. The molecule has 0 aliphatic heterocycles. The van der Waals surface area contributed by atoms with E-state index in [0.29, 0.717) is 12.2 Å². The number of carbonyl (C=O) groups is 1. The molecule has 22 heavy (non-hydrogen) atoms. The molecule has 0 saturated carbocycles. The van der Waals surface area contributed by atoms with Gasteiger partial charge in [-0.2, -0.15) is 0 Å². The maximum atomic E-state index is 13.9. The highest BCUT2D eigenvalue weighted by molar-refractivity contribution is 6.00. The van der Waals surface area contributed by atoms with Crippen molar-refractivity contribution in [2.45, 2.75) is 13.5 Å². The largest absolute Gasteiger partial charge is 0.378 e. The maximum Gasteiger partial charge on any atom is 0.164 e. The Balaban J connectivity index is 2.30. The molecule has 0 unspecified atom stereocenters. The zero-order valence-electron chi connectivity index (χ0n) is 13.4. The highest BCUT2D eigenvalue weighted by Crippen LogP contribution is 2.25. The van der Waals surface area contributed by atoms with Crippen LogP contribution in [0.15, 0.2) is 42.5 Å². The number of hydrogen-bond acceptors (Lipinski definition) is 3. The molecular weight excluding hydrogens is 279 g/mol. The number of hydrogen-bond donors (Lipinski definition) is 0. The van der Waals surface area contributed by atoms with Gasteiger partial charge in [-0.05, 0) is 36.8 Å². The van der Waals surface area contributed by atoms with E-state index in [-0.39, 0.29) is 11.3 Å². The van der Waals surface area contributed by atoms with Crippen LogP contribution in [0.5, 0.6) is 0 Å². The summed E-state index contributed by atoms with van der Waals surface area (Å²) < 4.78 is 13.9. The van der Waals surface area contributed by atoms with Gasteiger partial charge in [0, 0.05) is 33.4 Å². The van der Waals surface area contributed by atoms with Gasteiger partial charge in [-0.3, -0.25) is 4.79 Å². The van der Waals surface area contributed by atoms with Crippen LogP contribution in [0.1, 0.15) is 22.8 Å². The second kappa shape index (κ2) is 6.60. The van der Waals surface area contributed by atoms with Crippen LogP contribution in [-0.2, 0) is 6.54 Å². The van der Waals surface area contributed by atoms with Crippen LogP contribution < -0.4 is 9.80 Å². The highest BCUT2D eigenvalue weighted by atomic mass is 19.1. The van der Waals surface area contributed by atoms with E-state index in [1.807, 2.05) is 49.1 Å². The standard InChI is InChI=1S/C18H21FN2O/c1-13(22)18-16(19)9-6-10-17(18)21(4)12-14-7-5-8-15(11-14)20(2)3/h5-11H,12H2,1-4H3. The molecule has 4 heteroatoms. The van der Waals surface area contributed by atoms with Gasteiger partial charge in [0.25, 0.3) is 0 Å². The smallest absolute Gasteiger partial charge is 0.164 e. The van der Waals surface area contributed by atoms with Gasteiger partial charge in [0.1, 0.15) is 5.82 Å². The molecule has 116 valence electrons. The van der Waals surface area contributed by atoms with E-state index in [1.54, 1.807) is 12.1 Å². The molecule has 0 amide bonds. The number of benzene rings is 2. The number of carbonyl (C=O) groups excluding carboxylic acids is 1. The lowest BCUT2D eigenvalue weighted by molar-refractivity contribution is 0.101. The van der Waals surface area contributed by atoms with Gasteiger partial charge >= 0.3 is 0 Å². The van der Waals surface area contributed by atoms with Crippen LogP contribution in [0.2, 0.25) is 0 Å². The minimum absolute atomic E-state index is 0.147. The average molecular weight is 300 g/mol. The number of Topliss-reactive ketones (excluding diaryl/α,β-unsaturated/α-hetero) is 1. The number of halogens is 1. The fourth-order valence-electron chi connectivity index (χ4n) is 2.47. The molecule has 2 aromatic carbocycles. The van der Waals surface area contributed by atoms with E-state index >= 15 is 0 Å². The molecule has 0 saturated heterocycles. The molecule has 0 aromatic heterocycles. The summed E-state index contributed by atoms with van der Waals surface area (Å²) in [6.07, 6.45) is 0. The Hall–Kier alpha value is -2.36. The molecule has 0 heterocycles. The van der Waals surface area contributed by atoms with E-state index in [9.17, 15) is 9.18 Å². The first-order valence-corrected chi connectivity index (χ1v) is 7.17. The van der Waals surface area contributed by atoms with Gasteiger partial charge in [0.15, 0.2) is 5.78 Å². The average Bonchev–Trinajstić information content (AvgIpc) is 2.46. The highest BCUT2D eigenvalue weighted by Gasteiger charge is 2.16. The molecule has 0 aliphatic rings. The van der Waals surface area contributed by atoms with Crippen LogP contribution in [0.25, 0.3) is 0 Å². The van der Waals surface area contributed by atoms with Gasteiger partial charge in [-0.15, -0.1) is 0 Å². The van der Waals surface area contributed by atoms with Crippen LogP contribution in [0.3, 0.4) is 0 Å². The van der Waals surface area contributed by atoms with Crippen molar-refractivity contribution in [1.82, 2.24) is 0 Å². The molecule has 0 spiro atoms. The third-order valence-corrected chi connectivity index (χ3v) is 3.60. The summed E-state index contributed by atoms with van der Waals surface area (Å²) in [5.41, 5.74) is 2.97. The lowest BCUT2D eigenvalue weighted by Gasteiger charge is -2.23. The molecule has 2 rings (SSSR count). The Labute approximate surface area is 131 Å². The number of nitrogens with zero attached hydrogens (tertiary/aromatic N) is 2. The Morgan fingerprint density at radius 1 is 1.09 bits per heavy atom. The summed E-state index contributed by atoms with van der Waals surface area (Å²) in [5, 5.41) is 0. The first-order valence-electron chi connectivity index (χ1n) is 7.17. The van der Waals surface area contributed by atoms with Crippen LogP contribution in [-0.4, -0.2) is 26.9 Å². The molecule has 0 aliphatic carbocycles. The number of anilines is 2. The van der Waals surface area contributed by atoms with Gasteiger partial charge < -0.3 is 9.80 Å². The van der Waals surface area contributed by atoms with Crippen molar-refractivity contribution in [1.29, 1.82) is 0 Å². The van der Waals surface area contributed by atoms with E-state index in [2.05, 4.69) is 6.07 Å². The zero-order chi connectivity index (χ0) is 16.3. The first-order chi connectivity index (χ1) is 10.4. The monoisotopic (exact) mass is 300 g/mol. The minimum atomic E-state index is -0.473. The summed E-state index contributed by atoms with van der Waals surface area (Å²) in [4.78, 5) is 15.6. The predicted octanol–water partition coefficient (Wildman–Crippen LogP) is 3.73. The quantitative estimate of drug-likeness (QED) is 0.786. The van der Waals surface area contributed by atoms with E-state index in [1.165, 1.54) is 13.0 Å². The molecule has 3 nitrogen and oxygen atoms in total. The van der Waals surface area contributed by atoms with Crippen molar-refractivity contribution in [3.05, 3.63) is 59.4 Å². The van der Waals surface area contributed by atoms with E-state index < -0.39 is 5.82 Å². The third kappa shape index (κ3) is 3.45. The van der Waals surface area contributed by atoms with Crippen molar-refractivity contribution in [3.8, 4) is 0 Å². The SMILES string of the molecule is CC(=O)c1c(F)cccc1N(C)Cc1cccc(N(C)C)c1. The Morgan fingerprint density at radius 3 is 2.41 bits per heavy atom. The third-order valence-electron chi connectivity index (χ3n) is 3.60. The van der Waals surface area contributed by atoms with Gasteiger partial charge in [0.05, 0.1) is 11.3 Å². The molecule has 0 N–H and O–H groups in total.